The Hall–Kier alpha value is -2.82. The number of amides is 3. The van der Waals surface area contributed by atoms with E-state index in [1.165, 1.54) is 30.6 Å². The van der Waals surface area contributed by atoms with Gasteiger partial charge in [-0.05, 0) is 43.2 Å². The van der Waals surface area contributed by atoms with Gasteiger partial charge in [-0.1, -0.05) is 96.4 Å². The number of likely N-dealkylation sites (tertiary alicyclic amines) is 1. The van der Waals surface area contributed by atoms with E-state index in [2.05, 4.69) is 15.6 Å². The third kappa shape index (κ3) is 11.5. The number of aliphatic hydroxyl groups is 2. The quantitative estimate of drug-likeness (QED) is 0.144. The highest BCUT2D eigenvalue weighted by molar-refractivity contribution is 7.13. The van der Waals surface area contributed by atoms with Crippen molar-refractivity contribution in [3.05, 3.63) is 41.0 Å². The number of nitrogens with zero attached hydrogens (tertiary/aromatic N) is 2. The maximum atomic E-state index is 13.9. The fourth-order valence-electron chi connectivity index (χ4n) is 6.06. The molecule has 3 rings (SSSR count). The molecule has 46 heavy (non-hydrogen) atoms. The first kappa shape index (κ1) is 37.6. The van der Waals surface area contributed by atoms with Crippen molar-refractivity contribution in [1.29, 1.82) is 0 Å². The molecular weight excluding hydrogens is 600 g/mol. The predicted octanol–water partition coefficient (Wildman–Crippen LogP) is 6.07. The first-order chi connectivity index (χ1) is 21.9. The van der Waals surface area contributed by atoms with Gasteiger partial charge in [0.1, 0.15) is 12.1 Å². The maximum Gasteiger partial charge on any atom is 0.246 e. The zero-order valence-corrected chi connectivity index (χ0v) is 29.3. The molecule has 0 saturated carbocycles. The van der Waals surface area contributed by atoms with Crippen LogP contribution in [0.15, 0.2) is 29.8 Å². The Morgan fingerprint density at radius 1 is 0.957 bits per heavy atom. The lowest BCUT2D eigenvalue weighted by molar-refractivity contribution is -0.144. The summed E-state index contributed by atoms with van der Waals surface area (Å²) < 4.78 is 0. The fourth-order valence-corrected chi connectivity index (χ4v) is 6.87. The third-order valence-electron chi connectivity index (χ3n) is 8.87. The van der Waals surface area contributed by atoms with Gasteiger partial charge in [0, 0.05) is 26.0 Å². The van der Waals surface area contributed by atoms with Crippen LogP contribution in [0.4, 0.5) is 0 Å². The van der Waals surface area contributed by atoms with Gasteiger partial charge in [-0.25, -0.2) is 4.98 Å². The Kier molecular flexibility index (Phi) is 15.1. The Morgan fingerprint density at radius 3 is 2.09 bits per heavy atom. The molecule has 4 N–H and O–H groups in total. The molecule has 4 atom stereocenters. The molecule has 1 aromatic heterocycles. The van der Waals surface area contributed by atoms with Gasteiger partial charge >= 0.3 is 0 Å². The predicted molar refractivity (Wildman–Crippen MR) is 184 cm³/mol. The number of carbonyl (C=O) groups excluding carboxylic acids is 3. The molecule has 9 nitrogen and oxygen atoms in total. The van der Waals surface area contributed by atoms with Crippen molar-refractivity contribution in [3.63, 3.8) is 0 Å². The van der Waals surface area contributed by atoms with E-state index in [9.17, 15) is 19.5 Å². The number of carbonyl (C=O) groups is 3. The van der Waals surface area contributed by atoms with Crippen LogP contribution in [0.3, 0.4) is 0 Å². The highest BCUT2D eigenvalue weighted by Crippen LogP contribution is 2.29. The summed E-state index contributed by atoms with van der Waals surface area (Å²) in [7, 11) is 0. The van der Waals surface area contributed by atoms with Crippen LogP contribution in [0.2, 0.25) is 0 Å². The van der Waals surface area contributed by atoms with Crippen LogP contribution in [-0.4, -0.2) is 69.2 Å². The zero-order valence-electron chi connectivity index (χ0n) is 28.5. The van der Waals surface area contributed by atoms with E-state index in [4.69, 9.17) is 5.11 Å². The molecule has 0 radical (unpaired) electrons. The van der Waals surface area contributed by atoms with Crippen LogP contribution in [0, 0.1) is 12.3 Å². The number of rotatable bonds is 18. The monoisotopic (exact) mass is 656 g/mol. The topological polar surface area (TPSA) is 132 Å². The summed E-state index contributed by atoms with van der Waals surface area (Å²) in [6, 6.07) is 6.09. The molecule has 1 aliphatic rings. The number of aliphatic hydroxyl groups excluding tert-OH is 2. The normalized spacial score (nSPS) is 17.9. The average Bonchev–Trinajstić information content (AvgIpc) is 3.63. The van der Waals surface area contributed by atoms with E-state index in [0.29, 0.717) is 6.42 Å². The second kappa shape index (κ2) is 18.5. The van der Waals surface area contributed by atoms with Gasteiger partial charge in [0.15, 0.2) is 0 Å². The van der Waals surface area contributed by atoms with Crippen LogP contribution in [0.25, 0.3) is 10.4 Å². The number of hydrogen-bond acceptors (Lipinski definition) is 7. The van der Waals surface area contributed by atoms with Crippen molar-refractivity contribution in [1.82, 2.24) is 20.5 Å². The minimum absolute atomic E-state index is 0.0537. The molecule has 1 aromatic carbocycles. The van der Waals surface area contributed by atoms with E-state index in [1.54, 1.807) is 11.3 Å². The van der Waals surface area contributed by atoms with Crippen LogP contribution in [0.1, 0.15) is 122 Å². The molecule has 0 bridgehead atoms. The first-order valence-corrected chi connectivity index (χ1v) is 18.0. The van der Waals surface area contributed by atoms with E-state index in [0.717, 1.165) is 60.2 Å². The minimum Gasteiger partial charge on any atom is -0.396 e. The highest BCUT2D eigenvalue weighted by atomic mass is 32.1. The van der Waals surface area contributed by atoms with Gasteiger partial charge in [-0.2, -0.15) is 0 Å². The Morgan fingerprint density at radius 2 is 1.54 bits per heavy atom. The molecule has 1 saturated heterocycles. The number of unbranched alkanes of at least 4 members (excludes halogenated alkanes) is 9. The number of benzene rings is 1. The highest BCUT2D eigenvalue weighted by Gasteiger charge is 2.44. The minimum atomic E-state index is -0.819. The number of aryl methyl sites for hydroxylation is 1. The number of aromatic nitrogens is 1. The molecule has 0 spiro atoms. The van der Waals surface area contributed by atoms with Gasteiger partial charge in [0.05, 0.1) is 28.2 Å². The van der Waals surface area contributed by atoms with Gasteiger partial charge in [-0.3, -0.25) is 14.4 Å². The maximum absolute atomic E-state index is 13.9. The molecule has 1 fully saturated rings. The molecule has 10 heteroatoms. The third-order valence-corrected chi connectivity index (χ3v) is 9.85. The van der Waals surface area contributed by atoms with Gasteiger partial charge in [0.2, 0.25) is 17.7 Å². The Labute approximate surface area is 279 Å². The van der Waals surface area contributed by atoms with E-state index >= 15 is 0 Å². The summed E-state index contributed by atoms with van der Waals surface area (Å²) in [5, 5.41) is 25.4. The first-order valence-electron chi connectivity index (χ1n) is 17.1. The molecular formula is C36H56N4O5S. The lowest BCUT2D eigenvalue weighted by Crippen LogP contribution is -2.57. The Balaban J connectivity index is 1.51. The largest absolute Gasteiger partial charge is 0.396 e. The summed E-state index contributed by atoms with van der Waals surface area (Å²) in [5.74, 6) is -0.819. The van der Waals surface area contributed by atoms with Crippen LogP contribution < -0.4 is 10.6 Å². The summed E-state index contributed by atoms with van der Waals surface area (Å²) in [5.41, 5.74) is 4.24. The fraction of sp³-hybridized carbons (Fsp3) is 0.667. The molecule has 0 aliphatic carbocycles. The smallest absolute Gasteiger partial charge is 0.246 e. The van der Waals surface area contributed by atoms with Crippen molar-refractivity contribution in [2.24, 2.45) is 5.41 Å². The van der Waals surface area contributed by atoms with Gasteiger partial charge in [-0.15, -0.1) is 11.3 Å². The molecule has 2 unspecified atom stereocenters. The molecule has 3 amide bonds. The standard InChI is InChI=1S/C36H56N4O5S/c1-25(27-17-19-28(20-18-27)32-26(2)37-24-46-32)38-34(44)30-22-29(42)23-40(30)35(45)33(36(3,4)5)39-31(43)16-14-12-10-8-6-7-9-11-13-15-21-41/h17-20,24-25,29-30,33,41-42H,6-16,21-23H2,1-5H3,(H,38,44)(H,39,43)/t25?,29-,30+,33?/m1/s1. The Bertz CT molecular complexity index is 1240. The number of thiazole rings is 1. The van der Waals surface area contributed by atoms with Crippen LogP contribution in [0.5, 0.6) is 0 Å². The van der Waals surface area contributed by atoms with Crippen molar-refractivity contribution in [2.75, 3.05) is 13.2 Å². The second-order valence-electron chi connectivity index (χ2n) is 13.9. The summed E-state index contributed by atoms with van der Waals surface area (Å²) in [6.45, 7) is 9.93. The average molecular weight is 657 g/mol. The van der Waals surface area contributed by atoms with Crippen LogP contribution >= 0.6 is 11.3 Å². The zero-order chi connectivity index (χ0) is 33.7. The molecule has 2 heterocycles. The lowest BCUT2D eigenvalue weighted by Gasteiger charge is -2.35. The summed E-state index contributed by atoms with van der Waals surface area (Å²) in [4.78, 5) is 47.2. The van der Waals surface area contributed by atoms with Crippen molar-refractivity contribution in [3.8, 4) is 10.4 Å². The van der Waals surface area contributed by atoms with E-state index < -0.39 is 23.6 Å². The van der Waals surface area contributed by atoms with Crippen LogP contribution in [-0.2, 0) is 14.4 Å². The SMILES string of the molecule is Cc1ncsc1-c1ccc(C(C)NC(=O)[C@@H]2C[C@@H](O)CN2C(=O)C(NC(=O)CCCCCCCCCCCCO)C(C)(C)C)cc1. The van der Waals surface area contributed by atoms with Crippen molar-refractivity contribution < 1.29 is 24.6 Å². The second-order valence-corrected chi connectivity index (χ2v) is 14.7. The van der Waals surface area contributed by atoms with Crippen molar-refractivity contribution >= 4 is 29.1 Å². The molecule has 256 valence electrons. The van der Waals surface area contributed by atoms with Crippen molar-refractivity contribution in [2.45, 2.75) is 136 Å². The summed E-state index contributed by atoms with van der Waals surface area (Å²) in [6.07, 6.45) is 10.5. The number of hydrogen-bond donors (Lipinski definition) is 4. The molecule has 2 aromatic rings. The summed E-state index contributed by atoms with van der Waals surface area (Å²) >= 11 is 1.59. The van der Waals surface area contributed by atoms with Gasteiger partial charge in [0.25, 0.3) is 0 Å². The van der Waals surface area contributed by atoms with Gasteiger partial charge < -0.3 is 25.7 Å². The lowest BCUT2D eigenvalue weighted by atomic mass is 9.85. The number of β-amino-alcohol motifs (C(OH)–C–C–N with tert-alkyl or cyclic N) is 1. The van der Waals surface area contributed by atoms with E-state index in [1.807, 2.05) is 64.4 Å². The van der Waals surface area contributed by atoms with E-state index in [-0.39, 0.29) is 43.3 Å². The number of nitrogens with one attached hydrogen (secondary N) is 2. The molecule has 1 aliphatic heterocycles.